The van der Waals surface area contributed by atoms with Crippen LogP contribution in [0.15, 0.2) is 12.2 Å². The average Bonchev–Trinajstić information content (AvgIpc) is 3.18. The molecule has 6 atom stereocenters. The number of aliphatic hydroxyl groups excluding tert-OH is 4. The third-order valence-electron chi connectivity index (χ3n) is 10.7. The lowest BCUT2D eigenvalue weighted by molar-refractivity contribution is -0.305. The minimum atomic E-state index is -1.59. The highest BCUT2D eigenvalue weighted by molar-refractivity contribution is 5.70. The number of aliphatic hydroxyl groups is 4. The summed E-state index contributed by atoms with van der Waals surface area (Å²) in [6.45, 7) is 3.42. The molecule has 0 aliphatic carbocycles. The Labute approximate surface area is 335 Å². The van der Waals surface area contributed by atoms with Crippen molar-refractivity contribution in [2.45, 2.75) is 243 Å². The van der Waals surface area contributed by atoms with Crippen LogP contribution in [0.5, 0.6) is 0 Å². The first-order valence-corrected chi connectivity index (χ1v) is 22.8. The van der Waals surface area contributed by atoms with Crippen LogP contribution < -0.4 is 0 Å². The maximum absolute atomic E-state index is 12.8. The lowest BCUT2D eigenvalue weighted by Crippen LogP contribution is -2.59. The molecule has 2 unspecified atom stereocenters. The Morgan fingerprint density at radius 3 is 1.42 bits per heavy atom. The summed E-state index contributed by atoms with van der Waals surface area (Å²) < 4.78 is 22.2. The van der Waals surface area contributed by atoms with Crippen LogP contribution in [0.1, 0.15) is 206 Å². The molecular formula is C45H84O10. The maximum atomic E-state index is 12.8. The van der Waals surface area contributed by atoms with Crippen LogP contribution in [0, 0.1) is 0 Å². The van der Waals surface area contributed by atoms with E-state index in [1.54, 1.807) is 0 Å². The number of esters is 2. The van der Waals surface area contributed by atoms with Gasteiger partial charge in [0.05, 0.1) is 13.2 Å². The van der Waals surface area contributed by atoms with E-state index >= 15 is 0 Å². The van der Waals surface area contributed by atoms with E-state index in [4.69, 9.17) is 18.9 Å². The summed E-state index contributed by atoms with van der Waals surface area (Å²) in [6.07, 6.45) is 30.7. The number of allylic oxidation sites excluding steroid dienone is 2. The lowest BCUT2D eigenvalue weighted by atomic mass is 9.99. The second-order valence-corrected chi connectivity index (χ2v) is 15.9. The number of rotatable bonds is 38. The summed E-state index contributed by atoms with van der Waals surface area (Å²) in [5.41, 5.74) is 0. The first kappa shape index (κ1) is 51.5. The molecule has 1 saturated heterocycles. The van der Waals surface area contributed by atoms with Gasteiger partial charge in [0.25, 0.3) is 0 Å². The Kier molecular flexibility index (Phi) is 34.4. The number of carbonyl (C=O) groups is 2. The summed E-state index contributed by atoms with van der Waals surface area (Å²) in [7, 11) is 0. The summed E-state index contributed by atoms with van der Waals surface area (Å²) in [4.78, 5) is 25.3. The van der Waals surface area contributed by atoms with Gasteiger partial charge in [0, 0.05) is 12.8 Å². The highest BCUT2D eigenvalue weighted by Crippen LogP contribution is 2.23. The zero-order chi connectivity index (χ0) is 40.2. The van der Waals surface area contributed by atoms with Crippen LogP contribution in [0.2, 0.25) is 0 Å². The fourth-order valence-electron chi connectivity index (χ4n) is 7.01. The van der Waals surface area contributed by atoms with Gasteiger partial charge in [-0.15, -0.1) is 0 Å². The first-order chi connectivity index (χ1) is 26.8. The molecule has 4 N–H and O–H groups in total. The van der Waals surface area contributed by atoms with E-state index in [1.165, 1.54) is 116 Å². The second kappa shape index (κ2) is 36.8. The largest absolute Gasteiger partial charge is 0.462 e. The van der Waals surface area contributed by atoms with Crippen molar-refractivity contribution in [3.63, 3.8) is 0 Å². The Bertz CT molecular complexity index is 912. The van der Waals surface area contributed by atoms with E-state index < -0.39 is 49.4 Å². The van der Waals surface area contributed by atoms with Gasteiger partial charge in [-0.05, 0) is 38.5 Å². The zero-order valence-electron chi connectivity index (χ0n) is 35.2. The maximum Gasteiger partial charge on any atom is 0.306 e. The standard InChI is InChI=1S/C45H84O10/c1-3-5-7-9-11-13-15-17-19-20-22-24-26-28-30-32-34-41(48)54-38(37-53-45-44(51)43(50)42(49)39(35-46)55-45)36-52-40(47)33-31-29-27-25-23-21-18-16-14-12-10-8-6-4-2/h16,18,38-39,42-46,49-51H,3-15,17,19-37H2,1-2H3/b18-16+/t38-,39-,42+,43?,44?,45-/m1/s1. The normalized spacial score (nSPS) is 20.6. The van der Waals surface area contributed by atoms with Crippen molar-refractivity contribution in [2.75, 3.05) is 19.8 Å². The summed E-state index contributed by atoms with van der Waals surface area (Å²) >= 11 is 0. The highest BCUT2D eigenvalue weighted by atomic mass is 16.7. The number of hydrogen-bond donors (Lipinski definition) is 4. The molecule has 1 fully saturated rings. The second-order valence-electron chi connectivity index (χ2n) is 15.9. The molecule has 0 bridgehead atoms. The summed E-state index contributed by atoms with van der Waals surface area (Å²) in [6, 6.07) is 0. The number of carbonyl (C=O) groups excluding carboxylic acids is 2. The van der Waals surface area contributed by atoms with Crippen LogP contribution in [0.25, 0.3) is 0 Å². The van der Waals surface area contributed by atoms with Gasteiger partial charge in [-0.2, -0.15) is 0 Å². The Balaban J connectivity index is 2.32. The van der Waals surface area contributed by atoms with Gasteiger partial charge >= 0.3 is 11.9 Å². The topological polar surface area (TPSA) is 152 Å². The monoisotopic (exact) mass is 785 g/mol. The van der Waals surface area contributed by atoms with Crippen molar-refractivity contribution >= 4 is 11.9 Å². The molecule has 1 aliphatic heterocycles. The van der Waals surface area contributed by atoms with Crippen LogP contribution in [-0.4, -0.2) is 89.0 Å². The SMILES string of the molecule is CCCCCCC/C=C/CCCCCCCC(=O)OC[C@H](CO[C@@H]1O[C@H](CO)[C@H](O)C(O)C1O)OC(=O)CCCCCCCCCCCCCCCCCC. The van der Waals surface area contributed by atoms with Crippen LogP contribution in [0.3, 0.4) is 0 Å². The Morgan fingerprint density at radius 2 is 0.964 bits per heavy atom. The third kappa shape index (κ3) is 28.5. The van der Waals surface area contributed by atoms with E-state index in [9.17, 15) is 30.0 Å². The molecule has 10 heteroatoms. The summed E-state index contributed by atoms with van der Waals surface area (Å²) in [5, 5.41) is 40.1. The molecule has 0 saturated carbocycles. The minimum Gasteiger partial charge on any atom is -0.462 e. The molecular weight excluding hydrogens is 700 g/mol. The quantitative estimate of drug-likeness (QED) is 0.0271. The predicted molar refractivity (Wildman–Crippen MR) is 220 cm³/mol. The average molecular weight is 785 g/mol. The molecule has 1 heterocycles. The Morgan fingerprint density at radius 1 is 0.545 bits per heavy atom. The van der Waals surface area contributed by atoms with Crippen molar-refractivity contribution in [3.8, 4) is 0 Å². The van der Waals surface area contributed by atoms with E-state index in [2.05, 4.69) is 26.0 Å². The molecule has 0 aromatic rings. The first-order valence-electron chi connectivity index (χ1n) is 22.8. The molecule has 0 amide bonds. The number of ether oxygens (including phenoxy) is 4. The molecule has 1 rings (SSSR count). The van der Waals surface area contributed by atoms with Crippen molar-refractivity contribution in [1.82, 2.24) is 0 Å². The molecule has 1 aliphatic rings. The molecule has 0 aromatic heterocycles. The van der Waals surface area contributed by atoms with Crippen molar-refractivity contribution in [1.29, 1.82) is 0 Å². The van der Waals surface area contributed by atoms with Crippen molar-refractivity contribution < 1.29 is 49.0 Å². The summed E-state index contributed by atoms with van der Waals surface area (Å²) in [5.74, 6) is -0.806. The van der Waals surface area contributed by atoms with E-state index in [0.29, 0.717) is 6.42 Å². The number of unbranched alkanes of at least 4 members (excludes halogenated alkanes) is 25. The van der Waals surface area contributed by atoms with Gasteiger partial charge in [-0.25, -0.2) is 0 Å². The number of hydrogen-bond acceptors (Lipinski definition) is 10. The van der Waals surface area contributed by atoms with Crippen molar-refractivity contribution in [2.24, 2.45) is 0 Å². The van der Waals surface area contributed by atoms with Crippen LogP contribution >= 0.6 is 0 Å². The third-order valence-corrected chi connectivity index (χ3v) is 10.7. The molecule has 0 radical (unpaired) electrons. The van der Waals surface area contributed by atoms with E-state index in [1.807, 2.05) is 0 Å². The van der Waals surface area contributed by atoms with Gasteiger partial charge in [-0.1, -0.05) is 167 Å². The molecule has 10 nitrogen and oxygen atoms in total. The molecule has 55 heavy (non-hydrogen) atoms. The molecule has 324 valence electrons. The fraction of sp³-hybridized carbons (Fsp3) is 0.911. The zero-order valence-corrected chi connectivity index (χ0v) is 35.2. The minimum absolute atomic E-state index is 0.216. The Hall–Kier alpha value is -1.56. The van der Waals surface area contributed by atoms with E-state index in [0.717, 1.165) is 57.8 Å². The lowest BCUT2D eigenvalue weighted by Gasteiger charge is -2.39. The van der Waals surface area contributed by atoms with Gasteiger partial charge in [0.15, 0.2) is 12.4 Å². The smallest absolute Gasteiger partial charge is 0.306 e. The van der Waals surface area contributed by atoms with Gasteiger partial charge in [0.1, 0.15) is 31.0 Å². The predicted octanol–water partition coefficient (Wildman–Crippen LogP) is 9.56. The van der Waals surface area contributed by atoms with E-state index in [-0.39, 0.29) is 32.0 Å². The molecule has 0 spiro atoms. The van der Waals surface area contributed by atoms with Gasteiger partial charge < -0.3 is 39.4 Å². The van der Waals surface area contributed by atoms with Gasteiger partial charge in [0.2, 0.25) is 0 Å². The fourth-order valence-corrected chi connectivity index (χ4v) is 7.01. The highest BCUT2D eigenvalue weighted by Gasteiger charge is 2.44. The van der Waals surface area contributed by atoms with Crippen LogP contribution in [-0.2, 0) is 28.5 Å². The molecule has 0 aromatic carbocycles. The van der Waals surface area contributed by atoms with Crippen LogP contribution in [0.4, 0.5) is 0 Å². The van der Waals surface area contributed by atoms with Gasteiger partial charge in [-0.3, -0.25) is 9.59 Å². The van der Waals surface area contributed by atoms with Crippen molar-refractivity contribution in [3.05, 3.63) is 12.2 Å².